The fraction of sp³-hybridized carbons (Fsp3) is 0.350. The van der Waals surface area contributed by atoms with Crippen molar-refractivity contribution in [1.29, 1.82) is 0 Å². The second-order valence-electron chi connectivity index (χ2n) is 7.43. The fourth-order valence-corrected chi connectivity index (χ4v) is 5.25. The van der Waals surface area contributed by atoms with Crippen molar-refractivity contribution in [3.63, 3.8) is 0 Å². The average molecular weight is 482 g/mol. The minimum Gasteiger partial charge on any atom is -0.507 e. The van der Waals surface area contributed by atoms with Crippen LogP contribution in [0.2, 0.25) is 0 Å². The SMILES string of the molecule is O=C(NC1COC1)c1cc(C2CC2)cc(CS(=O)(=O)c2cc(Br)ccc2O)c1O. The Morgan fingerprint density at radius 3 is 2.52 bits per heavy atom. The lowest BCUT2D eigenvalue weighted by Gasteiger charge is -2.27. The van der Waals surface area contributed by atoms with Gasteiger partial charge in [-0.05, 0) is 48.6 Å². The Labute approximate surface area is 176 Å². The van der Waals surface area contributed by atoms with Crippen molar-refractivity contribution in [2.45, 2.75) is 35.4 Å². The van der Waals surface area contributed by atoms with Gasteiger partial charge in [0.15, 0.2) is 9.84 Å². The van der Waals surface area contributed by atoms with E-state index in [9.17, 15) is 23.4 Å². The van der Waals surface area contributed by atoms with E-state index in [4.69, 9.17) is 4.74 Å². The van der Waals surface area contributed by atoms with Gasteiger partial charge in [0, 0.05) is 10.0 Å². The number of halogens is 1. The summed E-state index contributed by atoms with van der Waals surface area (Å²) in [5.74, 6) is -1.45. The molecule has 1 heterocycles. The highest BCUT2D eigenvalue weighted by molar-refractivity contribution is 9.10. The van der Waals surface area contributed by atoms with Crippen molar-refractivity contribution >= 4 is 31.7 Å². The summed E-state index contributed by atoms with van der Waals surface area (Å²) >= 11 is 3.21. The van der Waals surface area contributed by atoms with Gasteiger partial charge in [-0.15, -0.1) is 0 Å². The first-order valence-corrected chi connectivity index (χ1v) is 11.6. The number of phenolic OH excluding ortho intramolecular Hbond substituents is 2. The molecular weight excluding hydrogens is 462 g/mol. The highest BCUT2D eigenvalue weighted by atomic mass is 79.9. The van der Waals surface area contributed by atoms with Crippen LogP contribution in [0, 0.1) is 0 Å². The molecule has 1 saturated carbocycles. The zero-order chi connectivity index (χ0) is 20.8. The van der Waals surface area contributed by atoms with E-state index in [0.717, 1.165) is 18.4 Å². The molecule has 1 aliphatic carbocycles. The number of benzene rings is 2. The van der Waals surface area contributed by atoms with E-state index in [-0.39, 0.29) is 39.5 Å². The topological polar surface area (TPSA) is 113 Å². The summed E-state index contributed by atoms with van der Waals surface area (Å²) in [6.45, 7) is 0.830. The Bertz CT molecular complexity index is 1080. The molecule has 0 radical (unpaired) electrons. The van der Waals surface area contributed by atoms with E-state index < -0.39 is 21.5 Å². The van der Waals surface area contributed by atoms with Crippen LogP contribution in [0.3, 0.4) is 0 Å². The molecule has 0 aromatic heterocycles. The third kappa shape index (κ3) is 4.26. The zero-order valence-electron chi connectivity index (χ0n) is 15.4. The van der Waals surface area contributed by atoms with E-state index in [1.807, 2.05) is 0 Å². The van der Waals surface area contributed by atoms with Gasteiger partial charge in [0.05, 0.1) is 30.6 Å². The molecule has 2 aromatic carbocycles. The number of hydrogen-bond acceptors (Lipinski definition) is 6. The minimum atomic E-state index is -3.96. The fourth-order valence-electron chi connectivity index (χ4n) is 3.26. The largest absolute Gasteiger partial charge is 0.507 e. The van der Waals surface area contributed by atoms with Gasteiger partial charge in [0.1, 0.15) is 16.4 Å². The van der Waals surface area contributed by atoms with E-state index in [1.54, 1.807) is 12.1 Å². The van der Waals surface area contributed by atoms with Crippen LogP contribution in [-0.2, 0) is 20.3 Å². The maximum absolute atomic E-state index is 12.9. The zero-order valence-corrected chi connectivity index (χ0v) is 17.8. The van der Waals surface area contributed by atoms with Crippen LogP contribution < -0.4 is 5.32 Å². The van der Waals surface area contributed by atoms with Crippen molar-refractivity contribution in [3.05, 3.63) is 51.5 Å². The van der Waals surface area contributed by atoms with Crippen LogP contribution in [0.1, 0.15) is 40.2 Å². The lowest BCUT2D eigenvalue weighted by molar-refractivity contribution is -0.00350. The monoisotopic (exact) mass is 481 g/mol. The summed E-state index contributed by atoms with van der Waals surface area (Å²) < 4.78 is 31.4. The first-order valence-electron chi connectivity index (χ1n) is 9.20. The smallest absolute Gasteiger partial charge is 0.255 e. The summed E-state index contributed by atoms with van der Waals surface area (Å²) in [5.41, 5.74) is 1.04. The van der Waals surface area contributed by atoms with E-state index in [0.29, 0.717) is 17.7 Å². The molecule has 0 bridgehead atoms. The van der Waals surface area contributed by atoms with Gasteiger partial charge in [-0.2, -0.15) is 0 Å². The van der Waals surface area contributed by atoms with E-state index >= 15 is 0 Å². The number of carbonyl (C=O) groups is 1. The maximum atomic E-state index is 12.9. The quantitative estimate of drug-likeness (QED) is 0.584. The van der Waals surface area contributed by atoms with Crippen molar-refractivity contribution in [2.24, 2.45) is 0 Å². The number of aromatic hydroxyl groups is 2. The Hall–Kier alpha value is -2.10. The lowest BCUT2D eigenvalue weighted by atomic mass is 10.0. The number of rotatable bonds is 6. The summed E-state index contributed by atoms with van der Waals surface area (Å²) in [6.07, 6.45) is 1.92. The number of nitrogens with one attached hydrogen (secondary N) is 1. The molecule has 1 saturated heterocycles. The molecule has 7 nitrogen and oxygen atoms in total. The molecule has 29 heavy (non-hydrogen) atoms. The first-order chi connectivity index (χ1) is 13.7. The Kier molecular flexibility index (Phi) is 5.30. The van der Waals surface area contributed by atoms with Gasteiger partial charge in [0.25, 0.3) is 5.91 Å². The molecule has 0 spiro atoms. The number of sulfone groups is 1. The average Bonchev–Trinajstić information content (AvgIpc) is 3.46. The molecular formula is C20H20BrNO6S. The van der Waals surface area contributed by atoms with Crippen LogP contribution in [0.4, 0.5) is 0 Å². The van der Waals surface area contributed by atoms with Gasteiger partial charge in [0.2, 0.25) is 0 Å². The molecule has 2 aliphatic rings. The highest BCUT2D eigenvalue weighted by Gasteiger charge is 2.30. The number of ether oxygens (including phenoxy) is 1. The van der Waals surface area contributed by atoms with Gasteiger partial charge in [-0.25, -0.2) is 8.42 Å². The minimum absolute atomic E-state index is 0.0602. The molecule has 4 rings (SSSR count). The van der Waals surface area contributed by atoms with Gasteiger partial charge in [-0.3, -0.25) is 4.79 Å². The molecule has 9 heteroatoms. The lowest BCUT2D eigenvalue weighted by Crippen LogP contribution is -2.48. The second kappa shape index (κ2) is 7.62. The summed E-state index contributed by atoms with van der Waals surface area (Å²) in [4.78, 5) is 12.4. The predicted octanol–water partition coefficient (Wildman–Crippen LogP) is 2.84. The van der Waals surface area contributed by atoms with Gasteiger partial charge < -0.3 is 20.3 Å². The summed E-state index contributed by atoms with van der Waals surface area (Å²) in [5, 5.41) is 23.5. The van der Waals surface area contributed by atoms with Crippen molar-refractivity contribution in [3.8, 4) is 11.5 Å². The Balaban J connectivity index is 1.70. The number of phenols is 2. The molecule has 0 atom stereocenters. The maximum Gasteiger partial charge on any atom is 0.255 e. The third-order valence-corrected chi connectivity index (χ3v) is 7.26. The van der Waals surface area contributed by atoms with Crippen LogP contribution in [-0.4, -0.2) is 43.8 Å². The summed E-state index contributed by atoms with van der Waals surface area (Å²) in [7, 11) is -3.96. The van der Waals surface area contributed by atoms with E-state index in [2.05, 4.69) is 21.2 Å². The van der Waals surface area contributed by atoms with Gasteiger partial charge >= 0.3 is 0 Å². The highest BCUT2D eigenvalue weighted by Crippen LogP contribution is 2.43. The predicted molar refractivity (Wildman–Crippen MR) is 109 cm³/mol. The number of hydrogen-bond donors (Lipinski definition) is 3. The van der Waals surface area contributed by atoms with Crippen molar-refractivity contribution in [1.82, 2.24) is 5.32 Å². The summed E-state index contributed by atoms with van der Waals surface area (Å²) in [6, 6.07) is 7.30. The number of carbonyl (C=O) groups excluding carboxylic acids is 1. The molecule has 1 aliphatic heterocycles. The Morgan fingerprint density at radius 1 is 1.17 bits per heavy atom. The normalized spacial score (nSPS) is 17.0. The standard InChI is InChI=1S/C20H20BrNO6S/c21-14-3-4-17(23)18(7-14)29(26,27)10-13-5-12(11-1-2-11)6-16(19(13)24)20(25)22-15-8-28-9-15/h3-7,11,15,23-24H,1-2,8-10H2,(H,22,25). The molecule has 1 amide bonds. The van der Waals surface area contributed by atoms with Gasteiger partial charge in [-0.1, -0.05) is 22.0 Å². The van der Waals surface area contributed by atoms with Crippen molar-refractivity contribution < 1.29 is 28.2 Å². The molecule has 2 aromatic rings. The molecule has 3 N–H and O–H groups in total. The van der Waals surface area contributed by atoms with Crippen LogP contribution in [0.15, 0.2) is 39.7 Å². The van der Waals surface area contributed by atoms with Crippen LogP contribution in [0.25, 0.3) is 0 Å². The van der Waals surface area contributed by atoms with Crippen LogP contribution in [0.5, 0.6) is 11.5 Å². The molecule has 2 fully saturated rings. The second-order valence-corrected chi connectivity index (χ2v) is 10.3. The van der Waals surface area contributed by atoms with E-state index in [1.165, 1.54) is 18.2 Å². The van der Waals surface area contributed by atoms with Crippen LogP contribution >= 0.6 is 15.9 Å². The molecule has 0 unspecified atom stereocenters. The number of amides is 1. The first kappa shape index (κ1) is 20.2. The van der Waals surface area contributed by atoms with Crippen molar-refractivity contribution in [2.75, 3.05) is 13.2 Å². The Morgan fingerprint density at radius 2 is 1.90 bits per heavy atom. The molecule has 154 valence electrons. The third-order valence-electron chi connectivity index (χ3n) is 5.08.